The molecular formula is C35H52O15. The largest absolute Gasteiger partial charge is 0.434 e. The van der Waals surface area contributed by atoms with Gasteiger partial charge in [0.2, 0.25) is 0 Å². The van der Waals surface area contributed by atoms with Crippen molar-refractivity contribution in [2.45, 2.75) is 157 Å². The highest BCUT2D eigenvalue weighted by Gasteiger charge is 2.71. The Kier molecular flexibility index (Phi) is 9.60. The van der Waals surface area contributed by atoms with E-state index in [1.807, 2.05) is 0 Å². The average Bonchev–Trinajstić information content (AvgIpc) is 3.64. The molecule has 4 aliphatic carbocycles. The van der Waals surface area contributed by atoms with Crippen LogP contribution < -0.4 is 0 Å². The maximum atomic E-state index is 13.2. The van der Waals surface area contributed by atoms with Gasteiger partial charge in [-0.1, -0.05) is 6.92 Å². The number of ether oxygens (including phenoxy) is 5. The lowest BCUT2D eigenvalue weighted by atomic mass is 9.41. The molecule has 3 heterocycles. The first kappa shape index (κ1) is 36.7. The van der Waals surface area contributed by atoms with Crippen molar-refractivity contribution in [1.29, 1.82) is 0 Å². The summed E-state index contributed by atoms with van der Waals surface area (Å²) in [6.45, 7) is 2.98. The molecule has 0 spiro atoms. The Morgan fingerprint density at radius 3 is 2.24 bits per heavy atom. The van der Waals surface area contributed by atoms with E-state index >= 15 is 0 Å². The SMILES string of the molecule is C[C@H]1O[C@@H](O[C@H]2CC[C@@]3(C=O)[C@@H]4CC[C@]5(C)[C@H](C6=COC(=O)C6)CC[C@]5(O)[C@H]4CC[C@@]3(O)C2)[C@H](O)[C@H](O)[C@@H]1O[C@H]1O[C@@H](CO)[C@H](O)[C@@H](O)[C@@H]1O. The van der Waals surface area contributed by atoms with Crippen LogP contribution in [0.5, 0.6) is 0 Å². The summed E-state index contributed by atoms with van der Waals surface area (Å²) in [7, 11) is 0. The van der Waals surface area contributed by atoms with Crippen molar-refractivity contribution >= 4 is 12.3 Å². The number of aliphatic hydroxyl groups is 8. The summed E-state index contributed by atoms with van der Waals surface area (Å²) < 4.78 is 28.4. The first-order chi connectivity index (χ1) is 23.6. The third-order valence-electron chi connectivity index (χ3n) is 14.1. The Balaban J connectivity index is 1.02. The van der Waals surface area contributed by atoms with Gasteiger partial charge in [-0.05, 0) is 81.6 Å². The molecule has 0 aromatic heterocycles. The summed E-state index contributed by atoms with van der Waals surface area (Å²) in [5.74, 6) is -0.761. The maximum absolute atomic E-state index is 13.2. The Labute approximate surface area is 290 Å². The third kappa shape index (κ3) is 5.37. The zero-order valence-electron chi connectivity index (χ0n) is 28.5. The van der Waals surface area contributed by atoms with Gasteiger partial charge in [-0.15, -0.1) is 0 Å². The fraction of sp³-hybridized carbons (Fsp3) is 0.886. The zero-order valence-corrected chi connectivity index (χ0v) is 28.5. The summed E-state index contributed by atoms with van der Waals surface area (Å²) >= 11 is 0. The molecule has 0 bridgehead atoms. The van der Waals surface area contributed by atoms with Gasteiger partial charge in [0.15, 0.2) is 12.6 Å². The highest BCUT2D eigenvalue weighted by molar-refractivity contribution is 5.76. The number of hydrogen-bond acceptors (Lipinski definition) is 15. The fourth-order valence-electron chi connectivity index (χ4n) is 11.3. The lowest BCUT2D eigenvalue weighted by Gasteiger charge is -2.65. The molecule has 18 atom stereocenters. The van der Waals surface area contributed by atoms with Crippen molar-refractivity contribution in [3.8, 4) is 0 Å². The van der Waals surface area contributed by atoms with Crippen LogP contribution in [0.15, 0.2) is 11.8 Å². The topological polar surface area (TPSA) is 242 Å². The van der Waals surface area contributed by atoms with Gasteiger partial charge in [0, 0.05) is 11.8 Å². The molecular weight excluding hydrogens is 660 g/mol. The lowest BCUT2D eigenvalue weighted by molar-refractivity contribution is -0.361. The molecule has 15 heteroatoms. The summed E-state index contributed by atoms with van der Waals surface area (Å²) in [6, 6.07) is 0. The summed E-state index contributed by atoms with van der Waals surface area (Å²) in [4.78, 5) is 25.1. The lowest BCUT2D eigenvalue weighted by Crippen LogP contribution is -2.69. The second-order valence-electron chi connectivity index (χ2n) is 16.3. The number of carbonyl (C=O) groups excluding carboxylic acids is 2. The van der Waals surface area contributed by atoms with Crippen molar-refractivity contribution < 1.29 is 74.1 Å². The number of esters is 1. The van der Waals surface area contributed by atoms with E-state index in [0.717, 1.165) is 18.3 Å². The third-order valence-corrected chi connectivity index (χ3v) is 14.1. The second-order valence-corrected chi connectivity index (χ2v) is 16.3. The smallest absolute Gasteiger partial charge is 0.314 e. The molecule has 15 nitrogen and oxygen atoms in total. The standard InChI is InChI=1S/C35H52O15/c1-16-29(50-31-27(42)25(40)24(39)22(13-36)49-31)26(41)28(43)30(47-16)48-18-3-8-33(15-37)20-4-7-32(2)19(17-11-23(38)46-14-17)6-10-35(32,45)21(20)5-9-34(33,44)12-18/h14-16,18-22,24-31,36,39-45H,3-13H2,1-2H3/t16-,18+,19+,20-,21+,22+,24+,25-,26+,27+,28-,29-,30+,31-,32-,33-,34-,35+/m1/s1. The van der Waals surface area contributed by atoms with Gasteiger partial charge in [-0.3, -0.25) is 4.79 Å². The minimum Gasteiger partial charge on any atom is -0.434 e. The van der Waals surface area contributed by atoms with Gasteiger partial charge in [0.1, 0.15) is 49.0 Å². The average molecular weight is 713 g/mol. The van der Waals surface area contributed by atoms with E-state index in [2.05, 4.69) is 6.92 Å². The van der Waals surface area contributed by atoms with Crippen molar-refractivity contribution in [2.24, 2.45) is 28.6 Å². The van der Waals surface area contributed by atoms with Crippen LogP contribution in [0.4, 0.5) is 0 Å². The van der Waals surface area contributed by atoms with E-state index in [1.54, 1.807) is 13.2 Å². The fourth-order valence-corrected chi connectivity index (χ4v) is 11.3. The van der Waals surface area contributed by atoms with Crippen LogP contribution in [-0.2, 0) is 33.3 Å². The summed E-state index contributed by atoms with van der Waals surface area (Å²) in [6.07, 6.45) is -8.42. The normalized spacial score (nSPS) is 55.0. The first-order valence-electron chi connectivity index (χ1n) is 18.1. The van der Waals surface area contributed by atoms with Crippen LogP contribution in [0.25, 0.3) is 0 Å². The second kappa shape index (κ2) is 13.1. The molecule has 0 amide bonds. The van der Waals surface area contributed by atoms with E-state index in [-0.39, 0.29) is 43.0 Å². The van der Waals surface area contributed by atoms with Crippen molar-refractivity contribution in [3.63, 3.8) is 0 Å². The predicted molar refractivity (Wildman–Crippen MR) is 167 cm³/mol. The van der Waals surface area contributed by atoms with E-state index in [1.165, 1.54) is 0 Å². The van der Waals surface area contributed by atoms with Gasteiger partial charge in [-0.2, -0.15) is 0 Å². The molecule has 8 N–H and O–H groups in total. The molecule has 50 heavy (non-hydrogen) atoms. The van der Waals surface area contributed by atoms with Crippen molar-refractivity contribution in [1.82, 2.24) is 0 Å². The van der Waals surface area contributed by atoms with Crippen LogP contribution in [0, 0.1) is 28.6 Å². The number of fused-ring (bicyclic) bond motifs is 5. The van der Waals surface area contributed by atoms with Crippen LogP contribution in [0.3, 0.4) is 0 Å². The van der Waals surface area contributed by atoms with Gasteiger partial charge in [0.25, 0.3) is 0 Å². The number of cyclic esters (lactones) is 1. The number of hydrogen-bond donors (Lipinski definition) is 8. The summed E-state index contributed by atoms with van der Waals surface area (Å²) in [5.41, 5.74) is -3.20. The van der Waals surface area contributed by atoms with E-state index in [9.17, 15) is 50.4 Å². The highest BCUT2D eigenvalue weighted by Crippen LogP contribution is 2.70. The van der Waals surface area contributed by atoms with E-state index in [0.29, 0.717) is 38.5 Å². The number of aldehydes is 1. The molecule has 7 aliphatic rings. The Hall–Kier alpha value is -1.60. The van der Waals surface area contributed by atoms with Gasteiger partial charge >= 0.3 is 5.97 Å². The molecule has 4 saturated carbocycles. The Bertz CT molecular complexity index is 1340. The maximum Gasteiger partial charge on any atom is 0.314 e. The van der Waals surface area contributed by atoms with Gasteiger partial charge in [0.05, 0.1) is 48.1 Å². The summed E-state index contributed by atoms with van der Waals surface area (Å²) in [5, 5.41) is 87.0. The number of rotatable bonds is 7. The molecule has 0 aromatic rings. The van der Waals surface area contributed by atoms with Crippen molar-refractivity contribution in [3.05, 3.63) is 11.8 Å². The number of carbonyl (C=O) groups is 2. The molecule has 0 aromatic carbocycles. The predicted octanol–water partition coefficient (Wildman–Crippen LogP) is -1.08. The minimum atomic E-state index is -1.71. The minimum absolute atomic E-state index is 0.00102. The van der Waals surface area contributed by atoms with E-state index < -0.39 is 96.2 Å². The molecule has 3 aliphatic heterocycles. The molecule has 0 unspecified atom stereocenters. The van der Waals surface area contributed by atoms with Crippen LogP contribution in [-0.4, -0.2) is 138 Å². The Morgan fingerprint density at radius 1 is 0.860 bits per heavy atom. The molecule has 7 rings (SSSR count). The van der Waals surface area contributed by atoms with Gasteiger partial charge in [-0.25, -0.2) is 0 Å². The van der Waals surface area contributed by atoms with Gasteiger partial charge < -0.3 is 69.3 Å². The van der Waals surface area contributed by atoms with Crippen LogP contribution in [0.2, 0.25) is 0 Å². The molecule has 0 radical (unpaired) electrons. The molecule has 2 saturated heterocycles. The highest BCUT2D eigenvalue weighted by atomic mass is 16.7. The number of aliphatic hydroxyl groups excluding tert-OH is 6. The molecule has 6 fully saturated rings. The quantitative estimate of drug-likeness (QED) is 0.0890. The molecule has 282 valence electrons. The van der Waals surface area contributed by atoms with Crippen LogP contribution in [0.1, 0.15) is 78.1 Å². The van der Waals surface area contributed by atoms with Crippen molar-refractivity contribution in [2.75, 3.05) is 6.61 Å². The van der Waals surface area contributed by atoms with Crippen LogP contribution >= 0.6 is 0 Å². The monoisotopic (exact) mass is 712 g/mol. The zero-order chi connectivity index (χ0) is 36.0. The first-order valence-corrected chi connectivity index (χ1v) is 18.1. The van der Waals surface area contributed by atoms with E-state index in [4.69, 9.17) is 23.7 Å². The Morgan fingerprint density at radius 2 is 1.56 bits per heavy atom.